The summed E-state index contributed by atoms with van der Waals surface area (Å²) in [7, 11) is 0. The van der Waals surface area contributed by atoms with Gasteiger partial charge in [-0.15, -0.1) is 0 Å². The molecule has 0 unspecified atom stereocenters. The summed E-state index contributed by atoms with van der Waals surface area (Å²) in [6.07, 6.45) is 0. The van der Waals surface area contributed by atoms with E-state index in [2.05, 4.69) is 12.6 Å². The van der Waals surface area contributed by atoms with E-state index in [-0.39, 0.29) is 5.75 Å². The fourth-order valence-electron chi connectivity index (χ4n) is 0.980. The molecule has 7 heteroatoms. The van der Waals surface area contributed by atoms with Crippen LogP contribution in [-0.2, 0) is 35.6 Å². The van der Waals surface area contributed by atoms with Gasteiger partial charge in [-0.2, -0.15) is 0 Å². The number of rotatable bonds is 5. The standard InChI is InChI=1S/C7H6O2.C3H7NO2S.Hg/c8-7(9)6-4-2-1-3-5-6;4-2(1-7)3(5)6;/h1-5H,(H,8,9);2,7H,1,4H2,(H,5,6);/q;;+2/p-2/t;2-;/m.0./s1. The van der Waals surface area contributed by atoms with Gasteiger partial charge < -0.3 is 0 Å². The van der Waals surface area contributed by atoms with Crippen LogP contribution in [0.25, 0.3) is 0 Å². The number of benzene rings is 1. The fourth-order valence-corrected chi connectivity index (χ4v) is 3.71. The molecule has 0 bridgehead atoms. The van der Waals surface area contributed by atoms with E-state index in [1.54, 1.807) is 30.3 Å². The van der Waals surface area contributed by atoms with Gasteiger partial charge in [-0.1, -0.05) is 0 Å². The third kappa shape index (κ3) is 5.05. The van der Waals surface area contributed by atoms with Gasteiger partial charge in [0.2, 0.25) is 0 Å². The van der Waals surface area contributed by atoms with Gasteiger partial charge in [-0.05, 0) is 0 Å². The SMILES string of the molecule is N[C@@H](CS)C(=O)[O][Hg][O]C(=O)c1ccccc1. The Labute approximate surface area is 118 Å². The van der Waals surface area contributed by atoms with Gasteiger partial charge in [-0.3, -0.25) is 0 Å². The van der Waals surface area contributed by atoms with Gasteiger partial charge in [0.1, 0.15) is 0 Å². The van der Waals surface area contributed by atoms with Crippen LogP contribution in [0.4, 0.5) is 0 Å². The molecule has 0 aliphatic rings. The molecule has 0 fully saturated rings. The molecule has 0 amide bonds. The van der Waals surface area contributed by atoms with Crippen LogP contribution in [0, 0.1) is 0 Å². The second-order valence-corrected chi connectivity index (χ2v) is 6.69. The molecule has 1 atom stereocenters. The zero-order chi connectivity index (χ0) is 12.7. The van der Waals surface area contributed by atoms with Gasteiger partial charge in [0.25, 0.3) is 0 Å². The molecule has 1 aromatic rings. The normalized spacial score (nSPS) is 11.2. The van der Waals surface area contributed by atoms with E-state index in [0.29, 0.717) is 5.56 Å². The second-order valence-electron chi connectivity index (χ2n) is 3.17. The first kappa shape index (κ1) is 14.5. The summed E-state index contributed by atoms with van der Waals surface area (Å²) >= 11 is 1.43. The predicted octanol–water partition coefficient (Wildman–Crippen LogP) is 0.556. The maximum atomic E-state index is 11.5. The van der Waals surface area contributed by atoms with E-state index in [4.69, 9.17) is 11.0 Å². The molecule has 0 aliphatic carbocycles. The average Bonchev–Trinajstić information content (AvgIpc) is 2.38. The van der Waals surface area contributed by atoms with Crippen molar-refractivity contribution in [3.63, 3.8) is 0 Å². The van der Waals surface area contributed by atoms with Crippen molar-refractivity contribution < 1.29 is 40.4 Å². The number of carbonyl (C=O) groups is 2. The Morgan fingerprint density at radius 1 is 1.29 bits per heavy atom. The van der Waals surface area contributed by atoms with Crippen molar-refractivity contribution in [3.05, 3.63) is 35.9 Å². The van der Waals surface area contributed by atoms with E-state index < -0.39 is 43.5 Å². The van der Waals surface area contributed by atoms with E-state index in [9.17, 15) is 9.59 Å². The Bertz CT molecular complexity index is 387. The third-order valence-corrected chi connectivity index (χ3v) is 5.34. The molecule has 88 valence electrons. The van der Waals surface area contributed by atoms with Crippen molar-refractivity contribution in [2.24, 2.45) is 5.73 Å². The molecule has 17 heavy (non-hydrogen) atoms. The van der Waals surface area contributed by atoms with Crippen molar-refractivity contribution in [1.82, 2.24) is 0 Å². The van der Waals surface area contributed by atoms with Gasteiger partial charge in [0, 0.05) is 0 Å². The van der Waals surface area contributed by atoms with Crippen molar-refractivity contribution >= 4 is 24.6 Å². The van der Waals surface area contributed by atoms with Crippen LogP contribution in [0.3, 0.4) is 0 Å². The van der Waals surface area contributed by atoms with Crippen LogP contribution in [0.1, 0.15) is 10.4 Å². The molecule has 5 nitrogen and oxygen atoms in total. The second kappa shape index (κ2) is 7.68. The topological polar surface area (TPSA) is 78.6 Å². The van der Waals surface area contributed by atoms with Crippen LogP contribution in [-0.4, -0.2) is 23.7 Å². The monoisotopic (exact) mass is 443 g/mol. The number of thiol groups is 1. The number of hydrogen-bond acceptors (Lipinski definition) is 6. The van der Waals surface area contributed by atoms with Gasteiger partial charge in [-0.25, -0.2) is 0 Å². The molecular formula is C10H11HgNO4S. The van der Waals surface area contributed by atoms with E-state index in [1.165, 1.54) is 0 Å². The summed E-state index contributed by atoms with van der Waals surface area (Å²) in [5, 5.41) is 0. The van der Waals surface area contributed by atoms with Crippen molar-refractivity contribution in [3.8, 4) is 0 Å². The maximum absolute atomic E-state index is 11.5. The summed E-state index contributed by atoms with van der Waals surface area (Å²) in [6, 6.07) is 7.78. The molecular weight excluding hydrogens is 431 g/mol. The molecule has 1 aromatic carbocycles. The summed E-state index contributed by atoms with van der Waals surface area (Å²) in [5.74, 6) is -0.804. The van der Waals surface area contributed by atoms with E-state index >= 15 is 0 Å². The summed E-state index contributed by atoms with van der Waals surface area (Å²) in [5.41, 5.74) is 5.83. The summed E-state index contributed by atoms with van der Waals surface area (Å²) < 4.78 is 9.81. The number of nitrogens with two attached hydrogens (primary N) is 1. The minimum absolute atomic E-state index is 0.208. The zero-order valence-electron chi connectivity index (χ0n) is 9.04. The minimum atomic E-state index is -2.44. The zero-order valence-corrected chi connectivity index (χ0v) is 15.4. The first-order valence-electron chi connectivity index (χ1n) is 4.90. The molecule has 1 rings (SSSR count). The van der Waals surface area contributed by atoms with Crippen LogP contribution < -0.4 is 5.73 Å². The van der Waals surface area contributed by atoms with Gasteiger partial charge in [0.15, 0.2) is 0 Å². The van der Waals surface area contributed by atoms with Crippen molar-refractivity contribution in [2.75, 3.05) is 5.75 Å². The van der Waals surface area contributed by atoms with Gasteiger partial charge in [0.05, 0.1) is 0 Å². The number of carbonyl (C=O) groups excluding carboxylic acids is 2. The number of hydrogen-bond donors (Lipinski definition) is 2. The summed E-state index contributed by atoms with van der Waals surface area (Å²) in [6.45, 7) is 0. The van der Waals surface area contributed by atoms with Crippen LogP contribution in [0.15, 0.2) is 30.3 Å². The van der Waals surface area contributed by atoms with Crippen LogP contribution in [0.5, 0.6) is 0 Å². The Kier molecular flexibility index (Phi) is 6.53. The first-order valence-corrected chi connectivity index (χ1v) is 10.0. The Balaban J connectivity index is 2.33. The first-order chi connectivity index (χ1) is 8.15. The third-order valence-electron chi connectivity index (χ3n) is 1.90. The Hall–Kier alpha value is -0.595. The van der Waals surface area contributed by atoms with Gasteiger partial charge >= 0.3 is 118 Å². The average molecular weight is 442 g/mol. The molecule has 0 spiro atoms. The molecule has 0 heterocycles. The quantitative estimate of drug-likeness (QED) is 0.515. The Morgan fingerprint density at radius 3 is 2.53 bits per heavy atom. The Morgan fingerprint density at radius 2 is 1.94 bits per heavy atom. The van der Waals surface area contributed by atoms with Crippen LogP contribution >= 0.6 is 12.6 Å². The molecule has 0 saturated carbocycles. The molecule has 2 N–H and O–H groups in total. The van der Waals surface area contributed by atoms with Crippen molar-refractivity contribution in [2.45, 2.75) is 6.04 Å². The van der Waals surface area contributed by atoms with E-state index in [0.717, 1.165) is 0 Å². The summed E-state index contributed by atoms with van der Waals surface area (Å²) in [4.78, 5) is 22.6. The van der Waals surface area contributed by atoms with E-state index in [1.807, 2.05) is 0 Å². The molecule has 0 saturated heterocycles. The molecule has 0 aliphatic heterocycles. The molecule has 0 aromatic heterocycles. The molecule has 0 radical (unpaired) electrons. The van der Waals surface area contributed by atoms with Crippen molar-refractivity contribution in [1.29, 1.82) is 0 Å². The van der Waals surface area contributed by atoms with Crippen LogP contribution in [0.2, 0.25) is 0 Å². The fraction of sp³-hybridized carbons (Fsp3) is 0.200. The predicted molar refractivity (Wildman–Crippen MR) is 59.8 cm³/mol.